The lowest BCUT2D eigenvalue weighted by atomic mass is 9.94. The molecule has 5 nitrogen and oxygen atoms in total. The van der Waals surface area contributed by atoms with Crippen molar-refractivity contribution < 1.29 is 4.42 Å². The zero-order valence-corrected chi connectivity index (χ0v) is 19.1. The second-order valence-electron chi connectivity index (χ2n) is 7.30. The summed E-state index contributed by atoms with van der Waals surface area (Å²) in [6.45, 7) is 9.05. The Morgan fingerprint density at radius 2 is 1.96 bits per heavy atom. The number of guanidine groups is 1. The molecule has 0 unspecified atom stereocenters. The number of para-hydroxylation sites is 1. The zero-order valence-electron chi connectivity index (χ0n) is 16.8. The maximum atomic E-state index is 5.97. The number of furan rings is 1. The number of hydrogen-bond donors (Lipinski definition) is 2. The van der Waals surface area contributed by atoms with Gasteiger partial charge in [0, 0.05) is 24.0 Å². The first-order valence-electron chi connectivity index (χ1n) is 9.85. The van der Waals surface area contributed by atoms with Crippen molar-refractivity contribution in [2.45, 2.75) is 39.7 Å². The summed E-state index contributed by atoms with van der Waals surface area (Å²) in [5.41, 5.74) is 2.13. The number of likely N-dealkylation sites (tertiary alicyclic amines) is 1. The molecular formula is C21H33IN4O. The van der Waals surface area contributed by atoms with Crippen LogP contribution in [0.5, 0.6) is 0 Å². The minimum atomic E-state index is 0. The van der Waals surface area contributed by atoms with Gasteiger partial charge in [-0.05, 0) is 65.2 Å². The molecule has 1 aromatic heterocycles. The smallest absolute Gasteiger partial charge is 0.191 e. The minimum absolute atomic E-state index is 0. The molecule has 0 amide bonds. The van der Waals surface area contributed by atoms with Crippen LogP contribution < -0.4 is 10.6 Å². The SMILES string of the molecule is CCNC(=NCc1oc2ccccc2c1C)NCCC1CCN(C)CC1.I. The predicted molar refractivity (Wildman–Crippen MR) is 124 cm³/mol. The lowest BCUT2D eigenvalue weighted by Crippen LogP contribution is -2.39. The number of aliphatic imine (C=N–C) groups is 1. The molecule has 0 radical (unpaired) electrons. The molecule has 0 atom stereocenters. The third-order valence-electron chi connectivity index (χ3n) is 5.35. The molecule has 0 aliphatic carbocycles. The minimum Gasteiger partial charge on any atom is -0.459 e. The van der Waals surface area contributed by atoms with E-state index in [0.29, 0.717) is 6.54 Å². The van der Waals surface area contributed by atoms with Crippen LogP contribution in [0.25, 0.3) is 11.0 Å². The van der Waals surface area contributed by atoms with Crippen molar-refractivity contribution in [1.82, 2.24) is 15.5 Å². The van der Waals surface area contributed by atoms with E-state index >= 15 is 0 Å². The quantitative estimate of drug-likeness (QED) is 0.368. The lowest BCUT2D eigenvalue weighted by Gasteiger charge is -2.29. The van der Waals surface area contributed by atoms with Gasteiger partial charge in [0.2, 0.25) is 0 Å². The first kappa shape index (κ1) is 22.0. The standard InChI is InChI=1S/C21H32N4O.HI/c1-4-22-21(23-12-9-17-10-13-25(3)14-11-17)24-15-20-16(2)18-7-5-6-8-19(18)26-20;/h5-8,17H,4,9-15H2,1-3H3,(H2,22,23,24);1H. The Bertz CT molecular complexity index is 735. The highest BCUT2D eigenvalue weighted by atomic mass is 127. The highest BCUT2D eigenvalue weighted by Crippen LogP contribution is 2.25. The van der Waals surface area contributed by atoms with Crippen LogP contribution in [-0.2, 0) is 6.54 Å². The van der Waals surface area contributed by atoms with Crippen molar-refractivity contribution in [3.8, 4) is 0 Å². The molecule has 27 heavy (non-hydrogen) atoms. The van der Waals surface area contributed by atoms with Crippen molar-refractivity contribution in [3.05, 3.63) is 35.6 Å². The molecule has 1 aliphatic rings. The number of nitrogens with one attached hydrogen (secondary N) is 2. The van der Waals surface area contributed by atoms with Crippen molar-refractivity contribution in [2.24, 2.45) is 10.9 Å². The Morgan fingerprint density at radius 1 is 1.22 bits per heavy atom. The van der Waals surface area contributed by atoms with Crippen LogP contribution in [0, 0.1) is 12.8 Å². The summed E-state index contributed by atoms with van der Waals surface area (Å²) in [4.78, 5) is 7.15. The van der Waals surface area contributed by atoms with Crippen LogP contribution in [-0.4, -0.2) is 44.1 Å². The maximum absolute atomic E-state index is 5.97. The number of aryl methyl sites for hydroxylation is 1. The van der Waals surface area contributed by atoms with Gasteiger partial charge >= 0.3 is 0 Å². The molecule has 0 bridgehead atoms. The number of rotatable bonds is 6. The van der Waals surface area contributed by atoms with Gasteiger partial charge in [0.1, 0.15) is 17.9 Å². The van der Waals surface area contributed by atoms with E-state index < -0.39 is 0 Å². The zero-order chi connectivity index (χ0) is 18.4. The molecule has 1 fully saturated rings. The van der Waals surface area contributed by atoms with Crippen LogP contribution in [0.1, 0.15) is 37.5 Å². The van der Waals surface area contributed by atoms with Crippen LogP contribution in [0.2, 0.25) is 0 Å². The largest absolute Gasteiger partial charge is 0.459 e. The van der Waals surface area contributed by atoms with Crippen molar-refractivity contribution in [1.29, 1.82) is 0 Å². The highest BCUT2D eigenvalue weighted by molar-refractivity contribution is 14.0. The van der Waals surface area contributed by atoms with Gasteiger partial charge in [-0.3, -0.25) is 0 Å². The number of piperidine rings is 1. The summed E-state index contributed by atoms with van der Waals surface area (Å²) in [6.07, 6.45) is 3.83. The number of benzene rings is 1. The molecule has 2 N–H and O–H groups in total. The van der Waals surface area contributed by atoms with Gasteiger partial charge in [-0.2, -0.15) is 0 Å². The average molecular weight is 484 g/mol. The fraction of sp³-hybridized carbons (Fsp3) is 0.571. The third-order valence-corrected chi connectivity index (χ3v) is 5.35. The Hall–Kier alpha value is -1.28. The maximum Gasteiger partial charge on any atom is 0.191 e. The van der Waals surface area contributed by atoms with Crippen LogP contribution in [0.3, 0.4) is 0 Å². The predicted octanol–water partition coefficient (Wildman–Crippen LogP) is 4.15. The van der Waals surface area contributed by atoms with Crippen molar-refractivity contribution in [2.75, 3.05) is 33.2 Å². The molecule has 1 aromatic carbocycles. The molecule has 6 heteroatoms. The fourth-order valence-electron chi connectivity index (χ4n) is 3.61. The van der Waals surface area contributed by atoms with Crippen LogP contribution in [0.4, 0.5) is 0 Å². The third kappa shape index (κ3) is 6.10. The van der Waals surface area contributed by atoms with E-state index in [0.717, 1.165) is 36.3 Å². The molecule has 1 saturated heterocycles. The Balaban J connectivity index is 0.00000261. The monoisotopic (exact) mass is 484 g/mol. The van der Waals surface area contributed by atoms with Gasteiger partial charge in [-0.1, -0.05) is 18.2 Å². The lowest BCUT2D eigenvalue weighted by molar-refractivity contribution is 0.213. The second-order valence-corrected chi connectivity index (χ2v) is 7.30. The second kappa shape index (κ2) is 10.9. The van der Waals surface area contributed by atoms with Crippen LogP contribution >= 0.6 is 24.0 Å². The van der Waals surface area contributed by atoms with Gasteiger partial charge in [-0.15, -0.1) is 24.0 Å². The van der Waals surface area contributed by atoms with Gasteiger partial charge in [-0.25, -0.2) is 4.99 Å². The number of nitrogens with zero attached hydrogens (tertiary/aromatic N) is 2. The van der Waals surface area contributed by atoms with Crippen molar-refractivity contribution in [3.63, 3.8) is 0 Å². The molecule has 150 valence electrons. The average Bonchev–Trinajstić information content (AvgIpc) is 2.97. The Kier molecular flexibility index (Phi) is 8.89. The number of fused-ring (bicyclic) bond motifs is 1. The summed E-state index contributed by atoms with van der Waals surface area (Å²) in [5, 5.41) is 8.00. The van der Waals surface area contributed by atoms with Gasteiger partial charge < -0.3 is 20.0 Å². The molecule has 0 spiro atoms. The molecule has 3 rings (SSSR count). The van der Waals surface area contributed by atoms with E-state index in [-0.39, 0.29) is 24.0 Å². The topological polar surface area (TPSA) is 52.8 Å². The first-order chi connectivity index (χ1) is 12.7. The van der Waals surface area contributed by atoms with Gasteiger partial charge in [0.15, 0.2) is 5.96 Å². The van der Waals surface area contributed by atoms with E-state index in [1.54, 1.807) is 0 Å². The molecular weight excluding hydrogens is 451 g/mol. The van der Waals surface area contributed by atoms with E-state index in [2.05, 4.69) is 42.5 Å². The summed E-state index contributed by atoms with van der Waals surface area (Å²) >= 11 is 0. The van der Waals surface area contributed by atoms with E-state index in [9.17, 15) is 0 Å². The van der Waals surface area contributed by atoms with Gasteiger partial charge in [0.25, 0.3) is 0 Å². The highest BCUT2D eigenvalue weighted by Gasteiger charge is 2.16. The molecule has 0 saturated carbocycles. The fourth-order valence-corrected chi connectivity index (χ4v) is 3.61. The summed E-state index contributed by atoms with van der Waals surface area (Å²) in [5.74, 6) is 2.65. The molecule has 2 heterocycles. The first-order valence-corrected chi connectivity index (χ1v) is 9.85. The number of hydrogen-bond acceptors (Lipinski definition) is 3. The molecule has 1 aliphatic heterocycles. The Labute approximate surface area is 180 Å². The van der Waals surface area contributed by atoms with E-state index in [4.69, 9.17) is 9.41 Å². The number of halogens is 1. The summed E-state index contributed by atoms with van der Waals surface area (Å²) in [7, 11) is 2.21. The van der Waals surface area contributed by atoms with Crippen molar-refractivity contribution >= 4 is 40.9 Å². The van der Waals surface area contributed by atoms with Crippen LogP contribution in [0.15, 0.2) is 33.7 Å². The van der Waals surface area contributed by atoms with Gasteiger partial charge in [0.05, 0.1) is 0 Å². The normalized spacial score (nSPS) is 16.3. The van der Waals surface area contributed by atoms with E-state index in [1.807, 2.05) is 18.2 Å². The molecule has 2 aromatic rings. The Morgan fingerprint density at radius 3 is 2.67 bits per heavy atom. The summed E-state index contributed by atoms with van der Waals surface area (Å²) in [6, 6.07) is 8.17. The van der Waals surface area contributed by atoms with E-state index in [1.165, 1.54) is 43.3 Å². The summed E-state index contributed by atoms with van der Waals surface area (Å²) < 4.78 is 5.97.